The average molecular weight is 376 g/mol. The molecule has 3 rings (SSSR count). The first kappa shape index (κ1) is 18.3. The lowest BCUT2D eigenvalue weighted by Gasteiger charge is -2.05. The van der Waals surface area contributed by atoms with Gasteiger partial charge in [0.25, 0.3) is 5.91 Å². The lowest BCUT2D eigenvalue weighted by Crippen LogP contribution is -2.18. The van der Waals surface area contributed by atoms with Gasteiger partial charge < -0.3 is 0 Å². The molecule has 3 aromatic rings. The second-order valence-corrected chi connectivity index (χ2v) is 5.49. The molecule has 27 heavy (non-hydrogen) atoms. The zero-order valence-electron chi connectivity index (χ0n) is 13.6. The molecule has 138 valence electrons. The highest BCUT2D eigenvalue weighted by atomic mass is 19.4. The number of halogens is 4. The second-order valence-electron chi connectivity index (χ2n) is 5.49. The number of H-pyrrole nitrogens is 1. The van der Waals surface area contributed by atoms with Gasteiger partial charge in [-0.1, -0.05) is 12.1 Å². The fourth-order valence-corrected chi connectivity index (χ4v) is 2.19. The Morgan fingerprint density at radius 2 is 1.74 bits per heavy atom. The second kappa shape index (κ2) is 7.40. The Hall–Kier alpha value is -3.49. The standard InChI is InChI=1S/C18H12F4N4O/c19-14-7-3-12(4-8-14)15-9-16(25-24-15)17(27)26-23-10-11-1-5-13(6-2-11)18(20,21)22/h1-10H,(H,24,25)(H,26,27). The molecule has 2 aromatic carbocycles. The average Bonchev–Trinajstić information content (AvgIpc) is 3.12. The van der Waals surface area contributed by atoms with Crippen LogP contribution in [0, 0.1) is 5.82 Å². The van der Waals surface area contributed by atoms with E-state index in [9.17, 15) is 22.4 Å². The number of nitrogens with zero attached hydrogens (tertiary/aromatic N) is 2. The zero-order chi connectivity index (χ0) is 19.4. The summed E-state index contributed by atoms with van der Waals surface area (Å²) in [6, 6.07) is 11.4. The van der Waals surface area contributed by atoms with Crippen LogP contribution in [0.1, 0.15) is 21.6 Å². The van der Waals surface area contributed by atoms with Gasteiger partial charge in [0, 0.05) is 5.56 Å². The van der Waals surface area contributed by atoms with Crippen LogP contribution in [-0.2, 0) is 6.18 Å². The van der Waals surface area contributed by atoms with Gasteiger partial charge in [-0.2, -0.15) is 23.4 Å². The molecule has 0 spiro atoms. The highest BCUT2D eigenvalue weighted by Gasteiger charge is 2.29. The highest BCUT2D eigenvalue weighted by Crippen LogP contribution is 2.28. The SMILES string of the molecule is O=C(NN=Cc1ccc(C(F)(F)F)cc1)c1cc(-c2ccc(F)cc2)n[nH]1. The van der Waals surface area contributed by atoms with E-state index in [1.54, 1.807) is 0 Å². The number of amides is 1. The number of hydrogen-bond donors (Lipinski definition) is 2. The number of nitrogens with one attached hydrogen (secondary N) is 2. The number of aromatic nitrogens is 2. The highest BCUT2D eigenvalue weighted by molar-refractivity contribution is 5.94. The Balaban J connectivity index is 1.62. The van der Waals surface area contributed by atoms with Crippen LogP contribution in [0.5, 0.6) is 0 Å². The van der Waals surface area contributed by atoms with Gasteiger partial charge in [-0.05, 0) is 48.0 Å². The summed E-state index contributed by atoms with van der Waals surface area (Å²) in [4.78, 5) is 12.0. The lowest BCUT2D eigenvalue weighted by molar-refractivity contribution is -0.137. The van der Waals surface area contributed by atoms with Crippen molar-refractivity contribution in [3.05, 3.63) is 77.2 Å². The monoisotopic (exact) mass is 376 g/mol. The van der Waals surface area contributed by atoms with Gasteiger partial charge in [-0.15, -0.1) is 0 Å². The maximum Gasteiger partial charge on any atom is 0.416 e. The smallest absolute Gasteiger partial charge is 0.272 e. The largest absolute Gasteiger partial charge is 0.416 e. The first-order chi connectivity index (χ1) is 12.8. The summed E-state index contributed by atoms with van der Waals surface area (Å²) in [6.45, 7) is 0. The lowest BCUT2D eigenvalue weighted by atomic mass is 10.1. The predicted molar refractivity (Wildman–Crippen MR) is 90.5 cm³/mol. The number of aromatic amines is 1. The Morgan fingerprint density at radius 1 is 1.07 bits per heavy atom. The van der Waals surface area contributed by atoms with Crippen molar-refractivity contribution in [2.24, 2.45) is 5.10 Å². The topological polar surface area (TPSA) is 70.1 Å². The van der Waals surface area contributed by atoms with Crippen molar-refractivity contribution < 1.29 is 22.4 Å². The normalized spacial score (nSPS) is 11.7. The summed E-state index contributed by atoms with van der Waals surface area (Å²) in [5, 5.41) is 10.2. The summed E-state index contributed by atoms with van der Waals surface area (Å²) in [7, 11) is 0. The fraction of sp³-hybridized carbons (Fsp3) is 0.0556. The molecule has 1 heterocycles. The molecule has 0 bridgehead atoms. The Kier molecular flexibility index (Phi) is 5.02. The van der Waals surface area contributed by atoms with Crippen molar-refractivity contribution in [3.8, 4) is 11.3 Å². The number of hydrogen-bond acceptors (Lipinski definition) is 3. The first-order valence-corrected chi connectivity index (χ1v) is 7.65. The van der Waals surface area contributed by atoms with Gasteiger partial charge in [0.15, 0.2) is 0 Å². The van der Waals surface area contributed by atoms with Crippen molar-refractivity contribution in [3.63, 3.8) is 0 Å². The number of carbonyl (C=O) groups excluding carboxylic acids is 1. The van der Waals surface area contributed by atoms with Gasteiger partial charge in [0.05, 0.1) is 17.5 Å². The van der Waals surface area contributed by atoms with E-state index in [2.05, 4.69) is 20.7 Å². The molecule has 0 unspecified atom stereocenters. The number of carbonyl (C=O) groups is 1. The van der Waals surface area contributed by atoms with Crippen molar-refractivity contribution >= 4 is 12.1 Å². The van der Waals surface area contributed by atoms with Crippen LogP contribution in [0.15, 0.2) is 59.7 Å². The summed E-state index contributed by atoms with van der Waals surface area (Å²) >= 11 is 0. The van der Waals surface area contributed by atoms with Gasteiger partial charge in [-0.25, -0.2) is 9.82 Å². The number of benzene rings is 2. The van der Waals surface area contributed by atoms with Crippen LogP contribution in [0.4, 0.5) is 17.6 Å². The van der Waals surface area contributed by atoms with Crippen LogP contribution in [0.2, 0.25) is 0 Å². The molecular weight excluding hydrogens is 364 g/mol. The summed E-state index contributed by atoms with van der Waals surface area (Å²) < 4.78 is 50.4. The number of rotatable bonds is 4. The van der Waals surface area contributed by atoms with Crippen LogP contribution in [-0.4, -0.2) is 22.3 Å². The molecular formula is C18H12F4N4O. The van der Waals surface area contributed by atoms with Crippen molar-refractivity contribution in [2.45, 2.75) is 6.18 Å². The Bertz CT molecular complexity index is 960. The van der Waals surface area contributed by atoms with E-state index >= 15 is 0 Å². The van der Waals surface area contributed by atoms with Crippen LogP contribution in [0.25, 0.3) is 11.3 Å². The van der Waals surface area contributed by atoms with E-state index < -0.39 is 17.6 Å². The molecule has 0 fully saturated rings. The molecule has 1 aromatic heterocycles. The van der Waals surface area contributed by atoms with Crippen LogP contribution in [0.3, 0.4) is 0 Å². The third-order valence-electron chi connectivity index (χ3n) is 3.58. The molecule has 9 heteroatoms. The maximum atomic E-state index is 12.9. The number of alkyl halides is 3. The van der Waals surface area contributed by atoms with Crippen molar-refractivity contribution in [1.82, 2.24) is 15.6 Å². The van der Waals surface area contributed by atoms with E-state index in [0.29, 0.717) is 16.8 Å². The van der Waals surface area contributed by atoms with Gasteiger partial charge in [0.1, 0.15) is 11.5 Å². The molecule has 0 aliphatic heterocycles. The third kappa shape index (κ3) is 4.57. The zero-order valence-corrected chi connectivity index (χ0v) is 13.6. The molecule has 0 radical (unpaired) electrons. The molecule has 0 aliphatic rings. The summed E-state index contributed by atoms with van der Waals surface area (Å²) in [6.07, 6.45) is -3.19. The van der Waals surface area contributed by atoms with Gasteiger partial charge in [-0.3, -0.25) is 9.89 Å². The van der Waals surface area contributed by atoms with Gasteiger partial charge in [0.2, 0.25) is 0 Å². The predicted octanol–water partition coefficient (Wildman–Crippen LogP) is 4.00. The summed E-state index contributed by atoms with van der Waals surface area (Å²) in [5.74, 6) is -0.969. The van der Waals surface area contributed by atoms with Crippen LogP contribution < -0.4 is 5.43 Å². The van der Waals surface area contributed by atoms with E-state index in [1.807, 2.05) is 0 Å². The molecule has 0 aliphatic carbocycles. The fourth-order valence-electron chi connectivity index (χ4n) is 2.19. The number of hydrazone groups is 1. The van der Waals surface area contributed by atoms with E-state index in [-0.39, 0.29) is 11.5 Å². The van der Waals surface area contributed by atoms with Crippen molar-refractivity contribution in [1.29, 1.82) is 0 Å². The van der Waals surface area contributed by atoms with E-state index in [0.717, 1.165) is 12.1 Å². The Morgan fingerprint density at radius 3 is 2.37 bits per heavy atom. The Labute approximate surface area is 150 Å². The van der Waals surface area contributed by atoms with E-state index in [1.165, 1.54) is 48.7 Å². The summed E-state index contributed by atoms with van der Waals surface area (Å²) in [5.41, 5.74) is 3.06. The molecule has 0 saturated carbocycles. The molecule has 5 nitrogen and oxygen atoms in total. The van der Waals surface area contributed by atoms with Gasteiger partial charge >= 0.3 is 6.18 Å². The molecule has 0 saturated heterocycles. The third-order valence-corrected chi connectivity index (χ3v) is 3.58. The van der Waals surface area contributed by atoms with E-state index in [4.69, 9.17) is 0 Å². The maximum absolute atomic E-state index is 12.9. The molecule has 0 atom stereocenters. The molecule has 2 N–H and O–H groups in total. The van der Waals surface area contributed by atoms with Crippen molar-refractivity contribution in [2.75, 3.05) is 0 Å². The minimum Gasteiger partial charge on any atom is -0.272 e. The minimum atomic E-state index is -4.41. The molecule has 1 amide bonds. The quantitative estimate of drug-likeness (QED) is 0.411. The van der Waals surface area contributed by atoms with Crippen LogP contribution >= 0.6 is 0 Å². The first-order valence-electron chi connectivity index (χ1n) is 7.65. The minimum absolute atomic E-state index is 0.124.